The summed E-state index contributed by atoms with van der Waals surface area (Å²) in [6.07, 6.45) is 2.87. The molecule has 2 nitrogen and oxygen atoms in total. The summed E-state index contributed by atoms with van der Waals surface area (Å²) >= 11 is 5.25. The van der Waals surface area contributed by atoms with E-state index in [1.54, 1.807) is 11.3 Å². The highest BCUT2D eigenvalue weighted by atomic mass is 79.9. The largest absolute Gasteiger partial charge is 0.319 e. The van der Waals surface area contributed by atoms with Crippen molar-refractivity contribution in [1.82, 2.24) is 10.3 Å². The molecule has 0 aliphatic rings. The third-order valence-corrected chi connectivity index (χ3v) is 3.97. The fourth-order valence-corrected chi connectivity index (χ4v) is 2.99. The molecule has 0 radical (unpaired) electrons. The number of nitrogens with zero attached hydrogens (tertiary/aromatic N) is 1. The summed E-state index contributed by atoms with van der Waals surface area (Å²) in [5, 5.41) is 6.49. The summed E-state index contributed by atoms with van der Waals surface area (Å²) in [6.45, 7) is 0.968. The molecule has 1 aromatic heterocycles. The Balaban J connectivity index is 2.16. The number of halogens is 1. The van der Waals surface area contributed by atoms with Crippen molar-refractivity contribution in [2.75, 3.05) is 13.6 Å². The summed E-state index contributed by atoms with van der Waals surface area (Å²) in [5.41, 5.74) is 1.35. The minimum Gasteiger partial charge on any atom is -0.319 e. The third-order valence-electron chi connectivity index (χ3n) is 2.68. The molecule has 1 N–H and O–H groups in total. The Labute approximate surface area is 114 Å². The van der Waals surface area contributed by atoms with E-state index in [0.717, 1.165) is 17.4 Å². The van der Waals surface area contributed by atoms with E-state index < -0.39 is 0 Å². The monoisotopic (exact) mass is 310 g/mol. The van der Waals surface area contributed by atoms with Gasteiger partial charge >= 0.3 is 0 Å². The molecule has 2 aromatic rings. The van der Waals surface area contributed by atoms with Crippen LogP contribution in [-0.4, -0.2) is 18.6 Å². The molecule has 90 valence electrons. The molecule has 0 amide bonds. The summed E-state index contributed by atoms with van der Waals surface area (Å²) < 4.78 is 1.13. The van der Waals surface area contributed by atoms with Crippen LogP contribution in [0, 0.1) is 0 Å². The van der Waals surface area contributed by atoms with Gasteiger partial charge in [0.25, 0.3) is 0 Å². The second kappa shape index (κ2) is 6.28. The van der Waals surface area contributed by atoms with Crippen molar-refractivity contribution in [3.05, 3.63) is 50.9 Å². The zero-order valence-electron chi connectivity index (χ0n) is 9.69. The van der Waals surface area contributed by atoms with Crippen LogP contribution in [0.4, 0.5) is 0 Å². The van der Waals surface area contributed by atoms with Crippen LogP contribution in [-0.2, 0) is 6.42 Å². The van der Waals surface area contributed by atoms with E-state index >= 15 is 0 Å². The Morgan fingerprint density at radius 2 is 2.35 bits per heavy atom. The van der Waals surface area contributed by atoms with E-state index in [1.807, 2.05) is 18.6 Å². The van der Waals surface area contributed by atoms with E-state index in [9.17, 15) is 0 Å². The standard InChI is InChI=1S/C13H15BrN2S/c1-15-9-11(8-13-16-5-6-17-13)10-3-2-4-12(14)7-10/h2-7,11,15H,8-9H2,1H3. The van der Waals surface area contributed by atoms with Crippen molar-refractivity contribution in [1.29, 1.82) is 0 Å². The lowest BCUT2D eigenvalue weighted by Crippen LogP contribution is -2.19. The van der Waals surface area contributed by atoms with Gasteiger partial charge in [0.15, 0.2) is 0 Å². The summed E-state index contributed by atoms with van der Waals surface area (Å²) in [7, 11) is 1.99. The van der Waals surface area contributed by atoms with E-state index in [0.29, 0.717) is 5.92 Å². The Kier molecular flexibility index (Phi) is 4.71. The van der Waals surface area contributed by atoms with Crippen molar-refractivity contribution >= 4 is 27.3 Å². The molecule has 2 rings (SSSR count). The van der Waals surface area contributed by atoms with Gasteiger partial charge in [0.05, 0.1) is 5.01 Å². The first-order valence-electron chi connectivity index (χ1n) is 5.58. The highest BCUT2D eigenvalue weighted by Crippen LogP contribution is 2.24. The Morgan fingerprint density at radius 1 is 1.47 bits per heavy atom. The van der Waals surface area contributed by atoms with Gasteiger partial charge in [-0.15, -0.1) is 11.3 Å². The molecule has 1 unspecified atom stereocenters. The molecule has 0 aliphatic heterocycles. The van der Waals surface area contributed by atoms with Crippen molar-refractivity contribution in [2.24, 2.45) is 0 Å². The SMILES string of the molecule is CNCC(Cc1nccs1)c1cccc(Br)c1. The van der Waals surface area contributed by atoms with Crippen molar-refractivity contribution in [3.63, 3.8) is 0 Å². The van der Waals surface area contributed by atoms with Crippen molar-refractivity contribution < 1.29 is 0 Å². The smallest absolute Gasteiger partial charge is 0.0931 e. The number of nitrogens with one attached hydrogen (secondary N) is 1. The first kappa shape index (κ1) is 12.7. The Hall–Kier alpha value is -0.710. The lowest BCUT2D eigenvalue weighted by molar-refractivity contribution is 0.624. The van der Waals surface area contributed by atoms with Gasteiger partial charge in [0, 0.05) is 34.9 Å². The van der Waals surface area contributed by atoms with Gasteiger partial charge in [0.2, 0.25) is 0 Å². The minimum atomic E-state index is 0.476. The molecule has 0 fully saturated rings. The summed E-state index contributed by atoms with van der Waals surface area (Å²) in [6, 6.07) is 8.52. The zero-order valence-corrected chi connectivity index (χ0v) is 12.1. The second-order valence-corrected chi connectivity index (χ2v) is 5.83. The molecule has 0 saturated heterocycles. The van der Waals surface area contributed by atoms with Crippen LogP contribution in [0.2, 0.25) is 0 Å². The lowest BCUT2D eigenvalue weighted by Gasteiger charge is -2.16. The molecular weight excluding hydrogens is 296 g/mol. The van der Waals surface area contributed by atoms with Crippen LogP contribution >= 0.6 is 27.3 Å². The van der Waals surface area contributed by atoms with Crippen LogP contribution in [0.5, 0.6) is 0 Å². The number of hydrogen-bond donors (Lipinski definition) is 1. The van der Waals surface area contributed by atoms with Gasteiger partial charge in [-0.25, -0.2) is 4.98 Å². The molecule has 17 heavy (non-hydrogen) atoms. The number of likely N-dealkylation sites (N-methyl/N-ethyl adjacent to an activating group) is 1. The molecular formula is C13H15BrN2S. The van der Waals surface area contributed by atoms with Gasteiger partial charge in [-0.1, -0.05) is 28.1 Å². The number of thiazole rings is 1. The van der Waals surface area contributed by atoms with E-state index in [1.165, 1.54) is 10.6 Å². The van der Waals surface area contributed by atoms with E-state index in [2.05, 4.69) is 50.5 Å². The summed E-state index contributed by atoms with van der Waals surface area (Å²) in [5.74, 6) is 0.476. The number of benzene rings is 1. The van der Waals surface area contributed by atoms with E-state index in [4.69, 9.17) is 0 Å². The maximum atomic E-state index is 4.37. The normalized spacial score (nSPS) is 12.6. The molecule has 4 heteroatoms. The average molecular weight is 311 g/mol. The van der Waals surface area contributed by atoms with Gasteiger partial charge in [-0.05, 0) is 24.7 Å². The Bertz CT molecular complexity index is 456. The average Bonchev–Trinajstić information content (AvgIpc) is 2.81. The van der Waals surface area contributed by atoms with Crippen LogP contribution < -0.4 is 5.32 Å². The fourth-order valence-electron chi connectivity index (χ4n) is 1.88. The van der Waals surface area contributed by atoms with E-state index in [-0.39, 0.29) is 0 Å². The number of hydrogen-bond acceptors (Lipinski definition) is 3. The van der Waals surface area contributed by atoms with Crippen LogP contribution in [0.3, 0.4) is 0 Å². The molecule has 0 saturated carbocycles. The topological polar surface area (TPSA) is 24.9 Å². The Morgan fingerprint density at radius 3 is 3.00 bits per heavy atom. The number of aromatic nitrogens is 1. The minimum absolute atomic E-state index is 0.476. The van der Waals surface area contributed by atoms with Crippen molar-refractivity contribution in [2.45, 2.75) is 12.3 Å². The molecule has 1 heterocycles. The van der Waals surface area contributed by atoms with Crippen LogP contribution in [0.15, 0.2) is 40.3 Å². The van der Waals surface area contributed by atoms with Gasteiger partial charge in [-0.2, -0.15) is 0 Å². The zero-order chi connectivity index (χ0) is 12.1. The fraction of sp³-hybridized carbons (Fsp3) is 0.308. The van der Waals surface area contributed by atoms with Gasteiger partial charge < -0.3 is 5.32 Å². The molecule has 0 spiro atoms. The third kappa shape index (κ3) is 3.63. The maximum absolute atomic E-state index is 4.37. The molecule has 0 aliphatic carbocycles. The molecule has 1 atom stereocenters. The lowest BCUT2D eigenvalue weighted by atomic mass is 9.96. The van der Waals surface area contributed by atoms with Gasteiger partial charge in [0.1, 0.15) is 0 Å². The predicted octanol–water partition coefficient (Wildman–Crippen LogP) is 3.45. The van der Waals surface area contributed by atoms with Crippen LogP contribution in [0.1, 0.15) is 16.5 Å². The quantitative estimate of drug-likeness (QED) is 0.915. The summed E-state index contributed by atoms with van der Waals surface area (Å²) in [4.78, 5) is 4.37. The van der Waals surface area contributed by atoms with Gasteiger partial charge in [-0.3, -0.25) is 0 Å². The van der Waals surface area contributed by atoms with Crippen molar-refractivity contribution in [3.8, 4) is 0 Å². The predicted molar refractivity (Wildman–Crippen MR) is 76.6 cm³/mol. The number of rotatable bonds is 5. The highest BCUT2D eigenvalue weighted by molar-refractivity contribution is 9.10. The maximum Gasteiger partial charge on any atom is 0.0931 e. The molecule has 0 bridgehead atoms. The first-order chi connectivity index (χ1) is 8.29. The first-order valence-corrected chi connectivity index (χ1v) is 7.25. The van der Waals surface area contributed by atoms with Crippen LogP contribution in [0.25, 0.3) is 0 Å². The highest BCUT2D eigenvalue weighted by Gasteiger charge is 2.13. The second-order valence-electron chi connectivity index (χ2n) is 3.94. The molecule has 1 aromatic carbocycles.